The molecule has 0 radical (unpaired) electrons. The van der Waals surface area contributed by atoms with Crippen molar-refractivity contribution < 1.29 is 28.2 Å². The maximum absolute atomic E-state index is 12.6. The highest BCUT2D eigenvalue weighted by Crippen LogP contribution is 2.49. The molecule has 0 amide bonds. The van der Waals surface area contributed by atoms with Gasteiger partial charge in [-0.1, -0.05) is 28.1 Å². The maximum atomic E-state index is 12.6. The van der Waals surface area contributed by atoms with Gasteiger partial charge in [0.15, 0.2) is 11.5 Å². The van der Waals surface area contributed by atoms with Crippen molar-refractivity contribution in [3.63, 3.8) is 0 Å². The van der Waals surface area contributed by atoms with Gasteiger partial charge in [0.25, 0.3) is 0 Å². The summed E-state index contributed by atoms with van der Waals surface area (Å²) in [6.45, 7) is 0. The maximum Gasteiger partial charge on any atom is 0.379 e. The number of nitrogens with zero attached hydrogens (tertiary/aromatic N) is 2. The van der Waals surface area contributed by atoms with Gasteiger partial charge < -0.3 is 29.1 Å². The number of H-pyrrole nitrogens is 1. The predicted molar refractivity (Wildman–Crippen MR) is 134 cm³/mol. The van der Waals surface area contributed by atoms with Gasteiger partial charge in [-0.2, -0.15) is 5.26 Å². The van der Waals surface area contributed by atoms with Crippen LogP contribution in [0.25, 0.3) is 11.3 Å². The van der Waals surface area contributed by atoms with Gasteiger partial charge >= 0.3 is 5.97 Å². The molecule has 0 fully saturated rings. The summed E-state index contributed by atoms with van der Waals surface area (Å²) in [6, 6.07) is 16.1. The van der Waals surface area contributed by atoms with Crippen LogP contribution >= 0.6 is 15.9 Å². The second-order valence-corrected chi connectivity index (χ2v) is 8.79. The molecule has 0 spiro atoms. The number of benzene rings is 2. The number of ether oxygens (including phenoxy) is 4. The molecule has 1 aliphatic heterocycles. The standard InChI is InChI=1S/C26H19BrN4O6/c1-33-18-10-14(11-19(34-2)23(18)36-26(32)17-4-3-9-35-17)20-16(12-28)24(29)37-25-21(20)22(30-31-25)13-5-7-15(27)8-6-13/h3-11,20H,29H2,1-2H3,(H,30,31)/t20-/m1/s1. The van der Waals surface area contributed by atoms with Crippen LogP contribution in [-0.4, -0.2) is 30.4 Å². The van der Waals surface area contributed by atoms with Crippen LogP contribution in [0.15, 0.2) is 75.1 Å². The van der Waals surface area contributed by atoms with Crippen LogP contribution in [0.4, 0.5) is 0 Å². The number of nitrogens with two attached hydrogens (primary N) is 1. The van der Waals surface area contributed by atoms with E-state index in [0.717, 1.165) is 10.0 Å². The van der Waals surface area contributed by atoms with E-state index in [1.807, 2.05) is 24.3 Å². The average Bonchev–Trinajstić information content (AvgIpc) is 3.59. The molecule has 0 saturated carbocycles. The molecular formula is C26H19BrN4O6. The summed E-state index contributed by atoms with van der Waals surface area (Å²) in [5.41, 5.74) is 8.97. The second-order valence-electron chi connectivity index (χ2n) is 7.87. The largest absolute Gasteiger partial charge is 0.493 e. The fraction of sp³-hybridized carbons (Fsp3) is 0.115. The molecule has 0 bridgehead atoms. The van der Waals surface area contributed by atoms with E-state index in [-0.39, 0.29) is 40.3 Å². The highest BCUT2D eigenvalue weighted by Gasteiger charge is 2.37. The zero-order valence-electron chi connectivity index (χ0n) is 19.6. The van der Waals surface area contributed by atoms with E-state index in [1.165, 1.54) is 26.5 Å². The molecule has 2 aromatic carbocycles. The molecule has 2 aromatic heterocycles. The van der Waals surface area contributed by atoms with E-state index in [4.69, 9.17) is 29.1 Å². The highest BCUT2D eigenvalue weighted by molar-refractivity contribution is 9.10. The lowest BCUT2D eigenvalue weighted by atomic mass is 9.82. The number of allylic oxidation sites excluding steroid dienone is 1. The number of methoxy groups -OCH3 is 2. The van der Waals surface area contributed by atoms with Crippen molar-refractivity contribution in [3.05, 3.63) is 87.6 Å². The van der Waals surface area contributed by atoms with Crippen LogP contribution in [0.1, 0.15) is 27.6 Å². The summed E-state index contributed by atoms with van der Waals surface area (Å²) in [7, 11) is 2.86. The number of halogens is 1. The first-order chi connectivity index (χ1) is 17.9. The number of carbonyl (C=O) groups excluding carboxylic acids is 1. The topological polar surface area (TPSA) is 146 Å². The van der Waals surface area contributed by atoms with E-state index >= 15 is 0 Å². The summed E-state index contributed by atoms with van der Waals surface area (Å²) < 4.78 is 28.4. The fourth-order valence-corrected chi connectivity index (χ4v) is 4.38. The third-order valence-electron chi connectivity index (χ3n) is 5.81. The number of hydrogen-bond donors (Lipinski definition) is 2. The van der Waals surface area contributed by atoms with Gasteiger partial charge in [-0.25, -0.2) is 4.79 Å². The smallest absolute Gasteiger partial charge is 0.379 e. The Kier molecular flexibility index (Phi) is 6.33. The first kappa shape index (κ1) is 24.0. The van der Waals surface area contributed by atoms with Crippen LogP contribution in [0.3, 0.4) is 0 Å². The van der Waals surface area contributed by atoms with Crippen molar-refractivity contribution >= 4 is 21.9 Å². The molecule has 3 N–H and O–H groups in total. The van der Waals surface area contributed by atoms with E-state index in [1.54, 1.807) is 18.2 Å². The Hall–Kier alpha value is -4.69. The van der Waals surface area contributed by atoms with Crippen molar-refractivity contribution in [2.75, 3.05) is 14.2 Å². The normalized spacial score (nSPS) is 14.4. The Balaban J connectivity index is 1.66. The van der Waals surface area contributed by atoms with Crippen molar-refractivity contribution in [1.82, 2.24) is 10.2 Å². The van der Waals surface area contributed by atoms with Gasteiger partial charge in [0.1, 0.15) is 11.6 Å². The fourth-order valence-electron chi connectivity index (χ4n) is 4.12. The van der Waals surface area contributed by atoms with Crippen LogP contribution in [0, 0.1) is 11.3 Å². The number of esters is 1. The van der Waals surface area contributed by atoms with Crippen molar-refractivity contribution in [2.45, 2.75) is 5.92 Å². The van der Waals surface area contributed by atoms with E-state index in [9.17, 15) is 10.1 Å². The number of carbonyl (C=O) groups is 1. The molecule has 186 valence electrons. The Morgan fingerprint density at radius 2 is 1.86 bits per heavy atom. The van der Waals surface area contributed by atoms with Crippen LogP contribution in [0.5, 0.6) is 23.1 Å². The minimum Gasteiger partial charge on any atom is -0.493 e. The Morgan fingerprint density at radius 3 is 2.46 bits per heavy atom. The molecular weight excluding hydrogens is 544 g/mol. The third-order valence-corrected chi connectivity index (χ3v) is 6.33. The highest BCUT2D eigenvalue weighted by atomic mass is 79.9. The summed E-state index contributed by atoms with van der Waals surface area (Å²) >= 11 is 3.44. The number of rotatable bonds is 6. The molecule has 10 nitrogen and oxygen atoms in total. The quantitative estimate of drug-likeness (QED) is 0.247. The predicted octanol–water partition coefficient (Wildman–Crippen LogP) is 4.89. The average molecular weight is 563 g/mol. The number of aromatic amines is 1. The Bertz CT molecular complexity index is 1530. The lowest BCUT2D eigenvalue weighted by Gasteiger charge is -2.25. The van der Waals surface area contributed by atoms with E-state index in [2.05, 4.69) is 32.2 Å². The summed E-state index contributed by atoms with van der Waals surface area (Å²) in [6.07, 6.45) is 1.37. The monoisotopic (exact) mass is 562 g/mol. The lowest BCUT2D eigenvalue weighted by molar-refractivity contribution is 0.0691. The number of aromatic nitrogens is 2. The van der Waals surface area contributed by atoms with E-state index in [0.29, 0.717) is 16.8 Å². The number of nitrogens with one attached hydrogen (secondary N) is 1. The molecule has 0 unspecified atom stereocenters. The molecule has 0 saturated heterocycles. The summed E-state index contributed by atoms with van der Waals surface area (Å²) in [4.78, 5) is 12.6. The molecule has 0 aliphatic carbocycles. The summed E-state index contributed by atoms with van der Waals surface area (Å²) in [5.74, 6) is -0.773. The van der Waals surface area contributed by atoms with Crippen LogP contribution < -0.4 is 24.7 Å². The van der Waals surface area contributed by atoms with Crippen LogP contribution in [-0.2, 0) is 0 Å². The van der Waals surface area contributed by atoms with Crippen molar-refractivity contribution in [3.8, 4) is 40.5 Å². The zero-order chi connectivity index (χ0) is 26.1. The first-order valence-electron chi connectivity index (χ1n) is 10.9. The number of nitriles is 1. The Labute approximate surface area is 219 Å². The molecule has 1 atom stereocenters. The molecule has 1 aliphatic rings. The van der Waals surface area contributed by atoms with Crippen LogP contribution in [0.2, 0.25) is 0 Å². The molecule has 37 heavy (non-hydrogen) atoms. The lowest BCUT2D eigenvalue weighted by Crippen LogP contribution is -2.21. The van der Waals surface area contributed by atoms with Gasteiger partial charge in [-0.05, 0) is 42.0 Å². The number of fused-ring (bicyclic) bond motifs is 1. The first-order valence-corrected chi connectivity index (χ1v) is 11.7. The van der Waals surface area contributed by atoms with Gasteiger partial charge in [-0.15, -0.1) is 5.10 Å². The SMILES string of the molecule is COc1cc([C@@H]2C(C#N)=C(N)Oc3n[nH]c(-c4ccc(Br)cc4)c32)cc(OC)c1OC(=O)c1ccco1. The molecule has 5 rings (SSSR count). The van der Waals surface area contributed by atoms with E-state index < -0.39 is 11.9 Å². The molecule has 11 heteroatoms. The number of furan rings is 1. The molecule has 4 aromatic rings. The minimum atomic E-state index is -0.725. The van der Waals surface area contributed by atoms with Gasteiger partial charge in [0.05, 0.1) is 37.7 Å². The van der Waals surface area contributed by atoms with Gasteiger partial charge in [0.2, 0.25) is 23.3 Å². The zero-order valence-corrected chi connectivity index (χ0v) is 21.2. The van der Waals surface area contributed by atoms with Gasteiger partial charge in [-0.3, -0.25) is 5.10 Å². The number of hydrogen-bond acceptors (Lipinski definition) is 9. The van der Waals surface area contributed by atoms with Gasteiger partial charge in [0, 0.05) is 10.0 Å². The summed E-state index contributed by atoms with van der Waals surface area (Å²) in [5, 5.41) is 17.3. The van der Waals surface area contributed by atoms with Crippen molar-refractivity contribution in [2.24, 2.45) is 5.73 Å². The second kappa shape index (κ2) is 9.75. The minimum absolute atomic E-state index is 0.0160. The third kappa shape index (κ3) is 4.28. The Morgan fingerprint density at radius 1 is 1.16 bits per heavy atom. The molecule has 3 heterocycles. The van der Waals surface area contributed by atoms with Crippen molar-refractivity contribution in [1.29, 1.82) is 5.26 Å².